The van der Waals surface area contributed by atoms with E-state index in [4.69, 9.17) is 9.84 Å². The summed E-state index contributed by atoms with van der Waals surface area (Å²) in [6.07, 6.45) is 1.76. The highest BCUT2D eigenvalue weighted by molar-refractivity contribution is 5.87. The van der Waals surface area contributed by atoms with E-state index in [0.29, 0.717) is 5.56 Å². The third kappa shape index (κ3) is 3.83. The Morgan fingerprint density at radius 3 is 2.71 bits per heavy atom. The van der Waals surface area contributed by atoms with Gasteiger partial charge >= 0.3 is 5.97 Å². The van der Waals surface area contributed by atoms with Crippen LogP contribution in [0.5, 0.6) is 5.75 Å². The lowest BCUT2D eigenvalue weighted by atomic mass is 10.1. The molecule has 6 heteroatoms. The van der Waals surface area contributed by atoms with Crippen LogP contribution in [0.2, 0.25) is 0 Å². The molecule has 1 aromatic carbocycles. The Hall–Kier alpha value is -2.60. The monoisotopic (exact) mass is 327 g/mol. The number of methoxy groups -OCH3 is 1. The molecule has 0 aliphatic carbocycles. The normalized spacial score (nSPS) is 15.3. The second-order valence-electron chi connectivity index (χ2n) is 5.82. The summed E-state index contributed by atoms with van der Waals surface area (Å²) < 4.78 is 5.25. The summed E-state index contributed by atoms with van der Waals surface area (Å²) in [6.45, 7) is 4.37. The van der Waals surface area contributed by atoms with Gasteiger partial charge in [-0.3, -0.25) is 4.90 Å². The number of rotatable bonds is 5. The number of carboxylic acids is 1. The number of hydrogen-bond acceptors (Lipinski definition) is 5. The zero-order chi connectivity index (χ0) is 16.9. The van der Waals surface area contributed by atoms with Gasteiger partial charge in [0.15, 0.2) is 0 Å². The highest BCUT2D eigenvalue weighted by atomic mass is 16.5. The van der Waals surface area contributed by atoms with Gasteiger partial charge in [0.1, 0.15) is 11.6 Å². The molecule has 1 fully saturated rings. The average molecular weight is 327 g/mol. The maximum Gasteiger partial charge on any atom is 0.335 e. The number of hydrogen-bond donors (Lipinski definition) is 1. The summed E-state index contributed by atoms with van der Waals surface area (Å²) in [5.74, 6) is 0.862. The largest absolute Gasteiger partial charge is 0.497 e. The molecule has 6 nitrogen and oxygen atoms in total. The Kier molecular flexibility index (Phi) is 4.96. The third-order valence-electron chi connectivity index (χ3n) is 4.23. The molecule has 1 saturated heterocycles. The van der Waals surface area contributed by atoms with E-state index in [1.54, 1.807) is 31.5 Å². The summed E-state index contributed by atoms with van der Waals surface area (Å²) in [5.41, 5.74) is 1.37. The lowest BCUT2D eigenvalue weighted by Crippen LogP contribution is -2.46. The smallest absolute Gasteiger partial charge is 0.335 e. The molecule has 3 rings (SSSR count). The van der Waals surface area contributed by atoms with Gasteiger partial charge in [-0.25, -0.2) is 9.78 Å². The zero-order valence-electron chi connectivity index (χ0n) is 13.7. The summed E-state index contributed by atoms with van der Waals surface area (Å²) in [4.78, 5) is 20.0. The molecule has 24 heavy (non-hydrogen) atoms. The molecule has 1 aliphatic heterocycles. The molecule has 0 bridgehead atoms. The molecular weight excluding hydrogens is 306 g/mol. The lowest BCUT2D eigenvalue weighted by Gasteiger charge is -2.35. The van der Waals surface area contributed by atoms with Gasteiger partial charge < -0.3 is 14.7 Å². The predicted molar refractivity (Wildman–Crippen MR) is 91.7 cm³/mol. The summed E-state index contributed by atoms with van der Waals surface area (Å²) in [7, 11) is 1.66. The molecule has 2 aromatic rings. The highest BCUT2D eigenvalue weighted by Crippen LogP contribution is 2.20. The van der Waals surface area contributed by atoms with E-state index in [1.165, 1.54) is 0 Å². The highest BCUT2D eigenvalue weighted by Gasteiger charge is 2.18. The Bertz CT molecular complexity index is 712. The van der Waals surface area contributed by atoms with Gasteiger partial charge in [-0.1, -0.05) is 12.1 Å². The number of pyridine rings is 1. The van der Waals surface area contributed by atoms with Crippen LogP contribution in [-0.2, 0) is 6.54 Å². The molecular formula is C18H21N3O3. The number of nitrogens with zero attached hydrogens (tertiary/aromatic N) is 3. The van der Waals surface area contributed by atoms with Crippen LogP contribution in [-0.4, -0.2) is 54.2 Å². The van der Waals surface area contributed by atoms with E-state index in [0.717, 1.165) is 49.9 Å². The van der Waals surface area contributed by atoms with Crippen molar-refractivity contribution in [3.05, 3.63) is 53.7 Å². The van der Waals surface area contributed by atoms with Crippen molar-refractivity contribution in [2.45, 2.75) is 6.54 Å². The molecule has 0 spiro atoms. The van der Waals surface area contributed by atoms with E-state index in [-0.39, 0.29) is 0 Å². The van der Waals surface area contributed by atoms with Crippen LogP contribution in [0.15, 0.2) is 42.6 Å². The van der Waals surface area contributed by atoms with Gasteiger partial charge in [-0.15, -0.1) is 0 Å². The number of aromatic carboxylic acids is 1. The van der Waals surface area contributed by atoms with Crippen LogP contribution in [0.25, 0.3) is 0 Å². The van der Waals surface area contributed by atoms with Crippen molar-refractivity contribution in [2.24, 2.45) is 0 Å². The average Bonchev–Trinajstić information content (AvgIpc) is 2.62. The fourth-order valence-corrected chi connectivity index (χ4v) is 2.90. The van der Waals surface area contributed by atoms with Gasteiger partial charge in [0.2, 0.25) is 0 Å². The summed E-state index contributed by atoms with van der Waals surface area (Å²) in [5, 5.41) is 9.08. The minimum Gasteiger partial charge on any atom is -0.497 e. The van der Waals surface area contributed by atoms with Crippen LogP contribution in [0.1, 0.15) is 15.9 Å². The van der Waals surface area contributed by atoms with Crippen molar-refractivity contribution in [2.75, 3.05) is 38.2 Å². The lowest BCUT2D eigenvalue weighted by molar-refractivity contribution is 0.0696. The number of piperazine rings is 1. The first-order valence-corrected chi connectivity index (χ1v) is 7.95. The first-order chi connectivity index (χ1) is 11.7. The second-order valence-corrected chi connectivity index (χ2v) is 5.82. The van der Waals surface area contributed by atoms with Crippen LogP contribution in [0.3, 0.4) is 0 Å². The van der Waals surface area contributed by atoms with Crippen molar-refractivity contribution in [3.8, 4) is 5.75 Å². The van der Waals surface area contributed by atoms with E-state index < -0.39 is 5.97 Å². The topological polar surface area (TPSA) is 65.9 Å². The minimum absolute atomic E-state index is 0.340. The van der Waals surface area contributed by atoms with Crippen molar-refractivity contribution < 1.29 is 14.6 Å². The van der Waals surface area contributed by atoms with Crippen molar-refractivity contribution in [1.82, 2.24) is 9.88 Å². The minimum atomic E-state index is -0.884. The number of benzene rings is 1. The first-order valence-electron chi connectivity index (χ1n) is 7.95. The van der Waals surface area contributed by atoms with Gasteiger partial charge in [0.05, 0.1) is 12.7 Å². The summed E-state index contributed by atoms with van der Waals surface area (Å²) in [6, 6.07) is 10.9. The van der Waals surface area contributed by atoms with Gasteiger partial charge in [0.25, 0.3) is 0 Å². The van der Waals surface area contributed by atoms with Gasteiger partial charge in [-0.05, 0) is 23.8 Å². The third-order valence-corrected chi connectivity index (χ3v) is 4.23. The number of carboxylic acid groups (broad SMARTS) is 1. The molecule has 0 unspecified atom stereocenters. The molecule has 1 aromatic heterocycles. The van der Waals surface area contributed by atoms with Crippen LogP contribution in [0.4, 0.5) is 5.82 Å². The fourth-order valence-electron chi connectivity index (χ4n) is 2.90. The van der Waals surface area contributed by atoms with Crippen molar-refractivity contribution in [1.29, 1.82) is 0 Å². The molecule has 1 aliphatic rings. The van der Waals surface area contributed by atoms with Gasteiger partial charge in [-0.2, -0.15) is 0 Å². The SMILES string of the molecule is COc1ccnc(N2CCN(Cc3cccc(C(=O)O)c3)CC2)c1. The number of carbonyl (C=O) groups is 1. The number of anilines is 1. The van der Waals surface area contributed by atoms with E-state index in [9.17, 15) is 4.79 Å². The molecule has 2 heterocycles. The Morgan fingerprint density at radius 2 is 2.00 bits per heavy atom. The zero-order valence-corrected chi connectivity index (χ0v) is 13.7. The van der Waals surface area contributed by atoms with Crippen LogP contribution >= 0.6 is 0 Å². The van der Waals surface area contributed by atoms with E-state index >= 15 is 0 Å². The summed E-state index contributed by atoms with van der Waals surface area (Å²) >= 11 is 0. The van der Waals surface area contributed by atoms with Crippen LogP contribution in [0, 0.1) is 0 Å². The molecule has 126 valence electrons. The Balaban J connectivity index is 1.59. The molecule has 0 amide bonds. The van der Waals surface area contributed by atoms with Crippen LogP contribution < -0.4 is 9.64 Å². The molecule has 0 radical (unpaired) electrons. The van der Waals surface area contributed by atoms with E-state index in [1.807, 2.05) is 18.2 Å². The standard InChI is InChI=1S/C18H21N3O3/c1-24-16-5-6-19-17(12-16)21-9-7-20(8-10-21)13-14-3-2-4-15(11-14)18(22)23/h2-6,11-12H,7-10,13H2,1H3,(H,22,23). The van der Waals surface area contributed by atoms with Crippen molar-refractivity contribution in [3.63, 3.8) is 0 Å². The Morgan fingerprint density at radius 1 is 1.21 bits per heavy atom. The number of aromatic nitrogens is 1. The second kappa shape index (κ2) is 7.31. The van der Waals surface area contributed by atoms with Crippen molar-refractivity contribution >= 4 is 11.8 Å². The van der Waals surface area contributed by atoms with Gasteiger partial charge in [0, 0.05) is 45.0 Å². The first kappa shape index (κ1) is 16.3. The van der Waals surface area contributed by atoms with E-state index in [2.05, 4.69) is 14.8 Å². The predicted octanol–water partition coefficient (Wildman–Crippen LogP) is 2.11. The molecule has 1 N–H and O–H groups in total. The quantitative estimate of drug-likeness (QED) is 0.907. The fraction of sp³-hybridized carbons (Fsp3) is 0.333. The maximum atomic E-state index is 11.1. The number of ether oxygens (including phenoxy) is 1. The maximum absolute atomic E-state index is 11.1. The Labute approximate surface area is 141 Å². The molecule has 0 saturated carbocycles. The molecule has 0 atom stereocenters.